The Balaban J connectivity index is 1.57. The third kappa shape index (κ3) is 4.32. The van der Waals surface area contributed by atoms with Crippen LogP contribution in [0, 0.1) is 0 Å². The molecular weight excluding hydrogens is 436 g/mol. The summed E-state index contributed by atoms with van der Waals surface area (Å²) in [5.41, 5.74) is 1.86. The van der Waals surface area contributed by atoms with Crippen molar-refractivity contribution in [2.45, 2.75) is 36.4 Å². The van der Waals surface area contributed by atoms with Crippen LogP contribution in [0.15, 0.2) is 57.5 Å². The minimum Gasteiger partial charge on any atom is -0.324 e. The Morgan fingerprint density at radius 1 is 1.23 bits per heavy atom. The zero-order valence-electron chi connectivity index (χ0n) is 16.9. The van der Waals surface area contributed by atoms with Gasteiger partial charge in [0.1, 0.15) is 15.9 Å². The van der Waals surface area contributed by atoms with Crippen LogP contribution in [0.25, 0.3) is 10.6 Å². The molecule has 1 saturated heterocycles. The van der Waals surface area contributed by atoms with Crippen LogP contribution in [-0.4, -0.2) is 41.4 Å². The molecule has 2 aromatic heterocycles. The second-order valence-electron chi connectivity index (χ2n) is 7.20. The fraction of sp³-hybridized carbons (Fsp3) is 0.286. The molecule has 1 atom stereocenters. The summed E-state index contributed by atoms with van der Waals surface area (Å²) >= 11 is 1.06. The van der Waals surface area contributed by atoms with E-state index in [4.69, 9.17) is 0 Å². The Morgan fingerprint density at radius 3 is 2.77 bits per heavy atom. The largest absolute Gasteiger partial charge is 0.324 e. The molecule has 162 valence electrons. The molecule has 1 amide bonds. The second kappa shape index (κ2) is 8.74. The highest BCUT2D eigenvalue weighted by Crippen LogP contribution is 2.34. The van der Waals surface area contributed by atoms with Crippen molar-refractivity contribution in [3.63, 3.8) is 0 Å². The Bertz CT molecular complexity index is 1250. The molecule has 0 saturated carbocycles. The minimum atomic E-state index is -3.84. The lowest BCUT2D eigenvalue weighted by Crippen LogP contribution is -2.43. The first-order valence-electron chi connectivity index (χ1n) is 9.96. The van der Waals surface area contributed by atoms with Crippen LogP contribution in [0.2, 0.25) is 0 Å². The monoisotopic (exact) mass is 458 g/mol. The van der Waals surface area contributed by atoms with E-state index in [1.54, 1.807) is 12.1 Å². The standard InChI is InChI=1S/C21H22N4O4S2/c1-2-14-6-3-4-7-15(14)22-21(27)17-8-5-13-25(17)31(28,29)20-12-10-18(30-20)16-9-11-19(26)24-23-16/h3-4,6-7,9-12,17H,2,5,8,13H2,1H3,(H,22,27)(H,24,26)/t17-/m1/s1. The summed E-state index contributed by atoms with van der Waals surface area (Å²) < 4.78 is 28.0. The third-order valence-electron chi connectivity index (χ3n) is 5.24. The van der Waals surface area contributed by atoms with Crippen LogP contribution in [0.4, 0.5) is 5.69 Å². The fourth-order valence-electron chi connectivity index (χ4n) is 3.65. The number of carbonyl (C=O) groups excluding carboxylic acids is 1. The van der Waals surface area contributed by atoms with Crippen molar-refractivity contribution in [2.24, 2.45) is 0 Å². The molecule has 0 radical (unpaired) electrons. The van der Waals surface area contributed by atoms with Crippen LogP contribution < -0.4 is 10.9 Å². The molecule has 1 fully saturated rings. The van der Waals surface area contributed by atoms with Gasteiger partial charge in [0.05, 0.1) is 4.88 Å². The number of aryl methyl sites for hydroxylation is 1. The smallest absolute Gasteiger partial charge is 0.264 e. The second-order valence-corrected chi connectivity index (χ2v) is 10.4. The van der Waals surface area contributed by atoms with Crippen molar-refractivity contribution in [3.8, 4) is 10.6 Å². The highest BCUT2D eigenvalue weighted by atomic mass is 32.2. The van der Waals surface area contributed by atoms with Gasteiger partial charge in [-0.2, -0.15) is 9.40 Å². The summed E-state index contributed by atoms with van der Waals surface area (Å²) in [5, 5.41) is 9.20. The number of aromatic nitrogens is 2. The maximum atomic E-state index is 13.3. The highest BCUT2D eigenvalue weighted by molar-refractivity contribution is 7.91. The maximum absolute atomic E-state index is 13.3. The summed E-state index contributed by atoms with van der Waals surface area (Å²) in [6.07, 6.45) is 1.85. The topological polar surface area (TPSA) is 112 Å². The lowest BCUT2D eigenvalue weighted by Gasteiger charge is -2.23. The molecule has 0 spiro atoms. The van der Waals surface area contributed by atoms with E-state index < -0.39 is 16.1 Å². The van der Waals surface area contributed by atoms with Crippen LogP contribution in [-0.2, 0) is 21.2 Å². The lowest BCUT2D eigenvalue weighted by molar-refractivity contribution is -0.119. The van der Waals surface area contributed by atoms with E-state index in [0.717, 1.165) is 23.3 Å². The van der Waals surface area contributed by atoms with Gasteiger partial charge in [-0.25, -0.2) is 13.5 Å². The summed E-state index contributed by atoms with van der Waals surface area (Å²) in [6.45, 7) is 2.29. The predicted molar refractivity (Wildman–Crippen MR) is 120 cm³/mol. The Morgan fingerprint density at radius 2 is 2.03 bits per heavy atom. The van der Waals surface area contributed by atoms with Gasteiger partial charge in [0, 0.05) is 18.3 Å². The number of amides is 1. The number of nitrogens with zero attached hydrogens (tertiary/aromatic N) is 2. The molecule has 3 heterocycles. The number of para-hydroxylation sites is 1. The summed E-state index contributed by atoms with van der Waals surface area (Å²) in [7, 11) is -3.84. The van der Waals surface area contributed by atoms with E-state index in [-0.39, 0.29) is 15.7 Å². The molecule has 0 unspecified atom stereocenters. The molecule has 2 N–H and O–H groups in total. The quantitative estimate of drug-likeness (QED) is 0.590. The van der Waals surface area contributed by atoms with Crippen molar-refractivity contribution < 1.29 is 13.2 Å². The Labute approximate surface area is 184 Å². The first kappa shape index (κ1) is 21.4. The molecule has 0 bridgehead atoms. The van der Waals surface area contributed by atoms with Crippen molar-refractivity contribution in [2.75, 3.05) is 11.9 Å². The fourth-order valence-corrected chi connectivity index (χ4v) is 6.71. The van der Waals surface area contributed by atoms with Gasteiger partial charge in [-0.15, -0.1) is 11.3 Å². The number of carbonyl (C=O) groups is 1. The highest BCUT2D eigenvalue weighted by Gasteiger charge is 2.40. The van der Waals surface area contributed by atoms with Crippen LogP contribution in [0.3, 0.4) is 0 Å². The molecule has 10 heteroatoms. The number of benzene rings is 1. The molecule has 1 aliphatic heterocycles. The van der Waals surface area contributed by atoms with Gasteiger partial charge in [-0.3, -0.25) is 9.59 Å². The summed E-state index contributed by atoms with van der Waals surface area (Å²) in [4.78, 5) is 24.8. The van der Waals surface area contributed by atoms with Crippen molar-refractivity contribution >= 4 is 33.0 Å². The number of anilines is 1. The summed E-state index contributed by atoms with van der Waals surface area (Å²) in [6, 6.07) is 12.8. The van der Waals surface area contributed by atoms with Gasteiger partial charge in [0.25, 0.3) is 15.6 Å². The van der Waals surface area contributed by atoms with E-state index in [0.29, 0.717) is 35.6 Å². The number of aromatic amines is 1. The first-order chi connectivity index (χ1) is 14.9. The molecule has 0 aliphatic carbocycles. The van der Waals surface area contributed by atoms with Crippen LogP contribution in [0.1, 0.15) is 25.3 Å². The lowest BCUT2D eigenvalue weighted by atomic mass is 10.1. The van der Waals surface area contributed by atoms with Gasteiger partial charge < -0.3 is 5.32 Å². The van der Waals surface area contributed by atoms with Crippen molar-refractivity contribution in [1.29, 1.82) is 0 Å². The number of hydrogen-bond acceptors (Lipinski definition) is 6. The van der Waals surface area contributed by atoms with Crippen LogP contribution in [0.5, 0.6) is 0 Å². The van der Waals surface area contributed by atoms with Crippen molar-refractivity contribution in [3.05, 3.63) is 64.4 Å². The number of H-pyrrole nitrogens is 1. The average molecular weight is 459 g/mol. The summed E-state index contributed by atoms with van der Waals surface area (Å²) in [5.74, 6) is -0.318. The van der Waals surface area contributed by atoms with E-state index in [9.17, 15) is 18.0 Å². The number of nitrogens with one attached hydrogen (secondary N) is 2. The van der Waals surface area contributed by atoms with E-state index in [1.807, 2.05) is 31.2 Å². The Hall–Kier alpha value is -2.82. The SMILES string of the molecule is CCc1ccccc1NC(=O)[C@H]1CCCN1S(=O)(=O)c1ccc(-c2ccc(=O)[nH]n2)s1. The molecule has 1 aliphatic rings. The molecule has 1 aromatic carbocycles. The zero-order valence-corrected chi connectivity index (χ0v) is 18.5. The number of thiophene rings is 1. The molecule has 8 nitrogen and oxygen atoms in total. The van der Waals surface area contributed by atoms with E-state index >= 15 is 0 Å². The Kier molecular flexibility index (Phi) is 6.03. The van der Waals surface area contributed by atoms with Crippen LogP contribution >= 0.6 is 11.3 Å². The van der Waals surface area contributed by atoms with E-state index in [1.165, 1.54) is 16.4 Å². The third-order valence-corrected chi connectivity index (χ3v) is 8.72. The predicted octanol–water partition coefficient (Wildman–Crippen LogP) is 2.85. The zero-order chi connectivity index (χ0) is 22.0. The average Bonchev–Trinajstić information content (AvgIpc) is 3.45. The van der Waals surface area contributed by atoms with Gasteiger partial charge in [-0.05, 0) is 49.1 Å². The maximum Gasteiger partial charge on any atom is 0.264 e. The normalized spacial score (nSPS) is 17.0. The first-order valence-corrected chi connectivity index (χ1v) is 12.2. The van der Waals surface area contributed by atoms with Gasteiger partial charge >= 0.3 is 0 Å². The van der Waals surface area contributed by atoms with Crippen molar-refractivity contribution in [1.82, 2.24) is 14.5 Å². The number of hydrogen-bond donors (Lipinski definition) is 2. The van der Waals surface area contributed by atoms with Gasteiger partial charge in [-0.1, -0.05) is 25.1 Å². The van der Waals surface area contributed by atoms with Gasteiger partial charge in [0.2, 0.25) is 5.91 Å². The van der Waals surface area contributed by atoms with Gasteiger partial charge in [0.15, 0.2) is 0 Å². The molecular formula is C21H22N4O4S2. The molecule has 31 heavy (non-hydrogen) atoms. The molecule has 4 rings (SSSR count). The minimum absolute atomic E-state index is 0.143. The number of rotatable bonds is 6. The van der Waals surface area contributed by atoms with E-state index in [2.05, 4.69) is 15.5 Å². The molecule has 3 aromatic rings. The number of sulfonamides is 1.